The smallest absolute Gasteiger partial charge is 0.336 e. The molecule has 6 nitrogen and oxygen atoms in total. The highest BCUT2D eigenvalue weighted by atomic mass is 79.9. The molecule has 29 heavy (non-hydrogen) atoms. The van der Waals surface area contributed by atoms with E-state index < -0.39 is 5.97 Å². The zero-order valence-electron chi connectivity index (χ0n) is 14.8. The summed E-state index contributed by atoms with van der Waals surface area (Å²) in [7, 11) is 0. The molecule has 0 aliphatic rings. The van der Waals surface area contributed by atoms with Crippen molar-refractivity contribution in [3.8, 4) is 5.75 Å². The first-order valence-electron chi connectivity index (χ1n) is 8.34. The predicted molar refractivity (Wildman–Crippen MR) is 117 cm³/mol. The number of nitrogens with one attached hydrogen (secondary N) is 1. The van der Waals surface area contributed by atoms with E-state index in [9.17, 15) is 9.59 Å². The minimum absolute atomic E-state index is 0.293. The Balaban J connectivity index is 1.69. The van der Waals surface area contributed by atoms with Crippen molar-refractivity contribution >= 4 is 56.0 Å². The average Bonchev–Trinajstić information content (AvgIpc) is 3.22. The number of ether oxygens (including phenoxy) is 1. The number of amides is 1. The van der Waals surface area contributed by atoms with Crippen molar-refractivity contribution in [3.63, 3.8) is 0 Å². The van der Waals surface area contributed by atoms with Gasteiger partial charge in [-0.05, 0) is 64.5 Å². The molecular formula is C21H14Br2N2O4. The van der Waals surface area contributed by atoms with Crippen molar-refractivity contribution in [2.45, 2.75) is 0 Å². The van der Waals surface area contributed by atoms with Crippen LogP contribution in [0.5, 0.6) is 5.75 Å². The standard InChI is InChI=1S/C21H14Br2N2O4/c22-15-7-9-19(29-20(26)10-8-16-4-3-11-28-16)14(12-15)13-24-25-21(27)17-5-1-2-6-18(17)23/h1-13H,(H,25,27)/b10-8+,24-13+. The van der Waals surface area contributed by atoms with Gasteiger partial charge in [0, 0.05) is 20.6 Å². The number of benzene rings is 2. The van der Waals surface area contributed by atoms with E-state index >= 15 is 0 Å². The summed E-state index contributed by atoms with van der Waals surface area (Å²) < 4.78 is 11.9. The predicted octanol–water partition coefficient (Wildman–Crippen LogP) is 5.19. The first-order chi connectivity index (χ1) is 14.0. The van der Waals surface area contributed by atoms with Crippen LogP contribution in [0.15, 0.2) is 85.4 Å². The molecule has 8 heteroatoms. The third-order valence-corrected chi connectivity index (χ3v) is 4.78. The average molecular weight is 518 g/mol. The molecule has 0 saturated heterocycles. The maximum Gasteiger partial charge on any atom is 0.336 e. The van der Waals surface area contributed by atoms with Crippen LogP contribution in [0, 0.1) is 0 Å². The van der Waals surface area contributed by atoms with Gasteiger partial charge in [-0.1, -0.05) is 28.1 Å². The number of halogens is 2. The highest BCUT2D eigenvalue weighted by Crippen LogP contribution is 2.22. The fourth-order valence-corrected chi connectivity index (χ4v) is 3.10. The Hall–Kier alpha value is -2.97. The monoisotopic (exact) mass is 516 g/mol. The Morgan fingerprint density at radius 3 is 2.66 bits per heavy atom. The SMILES string of the molecule is O=C(/C=C/c1ccco1)Oc1ccc(Br)cc1/C=N/NC(=O)c1ccccc1Br. The van der Waals surface area contributed by atoms with Gasteiger partial charge in [-0.15, -0.1) is 0 Å². The second kappa shape index (κ2) is 9.99. The van der Waals surface area contributed by atoms with Crippen molar-refractivity contribution in [1.82, 2.24) is 5.43 Å². The number of hydrogen-bond donors (Lipinski definition) is 1. The van der Waals surface area contributed by atoms with Crippen LogP contribution in [0.3, 0.4) is 0 Å². The Morgan fingerprint density at radius 2 is 1.90 bits per heavy atom. The summed E-state index contributed by atoms with van der Waals surface area (Å²) >= 11 is 6.69. The van der Waals surface area contributed by atoms with E-state index in [0.717, 1.165) is 4.47 Å². The molecule has 0 atom stereocenters. The quantitative estimate of drug-likeness (QED) is 0.160. The van der Waals surface area contributed by atoms with Gasteiger partial charge in [-0.25, -0.2) is 10.2 Å². The summed E-state index contributed by atoms with van der Waals surface area (Å²) in [6.45, 7) is 0. The summed E-state index contributed by atoms with van der Waals surface area (Å²) in [4.78, 5) is 24.3. The van der Waals surface area contributed by atoms with Gasteiger partial charge in [0.1, 0.15) is 11.5 Å². The molecule has 2 aromatic carbocycles. The molecule has 0 spiro atoms. The highest BCUT2D eigenvalue weighted by molar-refractivity contribution is 9.10. The number of furan rings is 1. The zero-order chi connectivity index (χ0) is 20.6. The van der Waals surface area contributed by atoms with Crippen LogP contribution in [0.4, 0.5) is 0 Å². The summed E-state index contributed by atoms with van der Waals surface area (Å²) in [5.41, 5.74) is 3.41. The van der Waals surface area contributed by atoms with Gasteiger partial charge in [-0.2, -0.15) is 5.10 Å². The Bertz CT molecular complexity index is 1080. The van der Waals surface area contributed by atoms with Crippen LogP contribution in [0.25, 0.3) is 6.08 Å². The molecule has 1 N–H and O–H groups in total. The van der Waals surface area contributed by atoms with E-state index in [-0.39, 0.29) is 5.91 Å². The summed E-state index contributed by atoms with van der Waals surface area (Å²) in [5, 5.41) is 3.96. The summed E-state index contributed by atoms with van der Waals surface area (Å²) in [6.07, 6.45) is 5.68. The van der Waals surface area contributed by atoms with Crippen LogP contribution in [0.1, 0.15) is 21.7 Å². The largest absolute Gasteiger partial charge is 0.465 e. The van der Waals surface area contributed by atoms with Crippen LogP contribution >= 0.6 is 31.9 Å². The second-order valence-electron chi connectivity index (χ2n) is 5.63. The van der Waals surface area contributed by atoms with Crippen molar-refractivity contribution < 1.29 is 18.7 Å². The Labute approximate surface area is 183 Å². The second-order valence-corrected chi connectivity index (χ2v) is 7.40. The highest BCUT2D eigenvalue weighted by Gasteiger charge is 2.09. The summed E-state index contributed by atoms with van der Waals surface area (Å²) in [6, 6.07) is 15.5. The molecule has 1 heterocycles. The molecule has 3 rings (SSSR count). The number of rotatable bonds is 6. The van der Waals surface area contributed by atoms with Crippen molar-refractivity contribution in [1.29, 1.82) is 0 Å². The molecule has 0 unspecified atom stereocenters. The van der Waals surface area contributed by atoms with Gasteiger partial charge < -0.3 is 9.15 Å². The molecule has 146 valence electrons. The first-order valence-corrected chi connectivity index (χ1v) is 9.92. The zero-order valence-corrected chi connectivity index (χ0v) is 18.0. The molecular weight excluding hydrogens is 504 g/mol. The van der Waals surface area contributed by atoms with Crippen LogP contribution < -0.4 is 10.2 Å². The van der Waals surface area contributed by atoms with Gasteiger partial charge in [0.25, 0.3) is 5.91 Å². The van der Waals surface area contributed by atoms with Crippen molar-refractivity contribution in [3.05, 3.63) is 92.8 Å². The molecule has 1 aromatic heterocycles. The molecule has 0 aliphatic carbocycles. The molecule has 0 aliphatic heterocycles. The number of hydrazone groups is 1. The maximum atomic E-state index is 12.2. The van der Waals surface area contributed by atoms with Gasteiger partial charge in [0.05, 0.1) is 18.0 Å². The van der Waals surface area contributed by atoms with E-state index in [1.807, 2.05) is 6.07 Å². The van der Waals surface area contributed by atoms with Crippen molar-refractivity contribution in [2.24, 2.45) is 5.10 Å². The topological polar surface area (TPSA) is 80.9 Å². The molecule has 0 saturated carbocycles. The number of carbonyl (C=O) groups excluding carboxylic acids is 2. The lowest BCUT2D eigenvalue weighted by Gasteiger charge is -2.06. The van der Waals surface area contributed by atoms with Crippen LogP contribution in [0.2, 0.25) is 0 Å². The first kappa shape index (κ1) is 20.8. The fourth-order valence-electron chi connectivity index (χ4n) is 2.26. The van der Waals surface area contributed by atoms with E-state index in [1.165, 1.54) is 24.6 Å². The van der Waals surface area contributed by atoms with Crippen molar-refractivity contribution in [2.75, 3.05) is 0 Å². The minimum atomic E-state index is -0.573. The molecule has 1 amide bonds. The number of esters is 1. The lowest BCUT2D eigenvalue weighted by molar-refractivity contribution is -0.128. The summed E-state index contributed by atoms with van der Waals surface area (Å²) in [5.74, 6) is -0.116. The maximum absolute atomic E-state index is 12.2. The van der Waals surface area contributed by atoms with Gasteiger partial charge in [-0.3, -0.25) is 4.79 Å². The van der Waals surface area contributed by atoms with Gasteiger partial charge in [0.15, 0.2) is 0 Å². The van der Waals surface area contributed by atoms with Crippen LogP contribution in [-0.2, 0) is 4.79 Å². The Kier molecular flexibility index (Phi) is 7.15. The minimum Gasteiger partial charge on any atom is -0.465 e. The molecule has 0 radical (unpaired) electrons. The fraction of sp³-hybridized carbons (Fsp3) is 0. The lowest BCUT2D eigenvalue weighted by atomic mass is 10.2. The molecule has 3 aromatic rings. The number of hydrogen-bond acceptors (Lipinski definition) is 5. The van der Waals surface area contributed by atoms with Gasteiger partial charge >= 0.3 is 5.97 Å². The van der Waals surface area contributed by atoms with E-state index in [4.69, 9.17) is 9.15 Å². The van der Waals surface area contributed by atoms with Gasteiger partial charge in [0.2, 0.25) is 0 Å². The number of carbonyl (C=O) groups is 2. The lowest BCUT2D eigenvalue weighted by Crippen LogP contribution is -2.18. The normalized spacial score (nSPS) is 11.1. The molecule has 0 bridgehead atoms. The third kappa shape index (κ3) is 6.00. The van der Waals surface area contributed by atoms with Crippen LogP contribution in [-0.4, -0.2) is 18.1 Å². The Morgan fingerprint density at radius 1 is 1.07 bits per heavy atom. The van der Waals surface area contributed by atoms with E-state index in [1.54, 1.807) is 48.5 Å². The van der Waals surface area contributed by atoms with E-state index in [2.05, 4.69) is 42.4 Å². The molecule has 0 fully saturated rings. The third-order valence-electron chi connectivity index (χ3n) is 3.60. The number of nitrogens with zero attached hydrogens (tertiary/aromatic N) is 1. The van der Waals surface area contributed by atoms with E-state index in [0.29, 0.717) is 27.1 Å².